The van der Waals surface area contributed by atoms with Crippen molar-refractivity contribution in [2.45, 2.75) is 36.9 Å². The molecule has 0 radical (unpaired) electrons. The van der Waals surface area contributed by atoms with Gasteiger partial charge in [-0.1, -0.05) is 25.1 Å². The zero-order valence-electron chi connectivity index (χ0n) is 16.5. The second-order valence-electron chi connectivity index (χ2n) is 6.73. The summed E-state index contributed by atoms with van der Waals surface area (Å²) in [4.78, 5) is 0. The zero-order chi connectivity index (χ0) is 19.4. The molecule has 3 rings (SSSR count). The molecule has 0 bridgehead atoms. The van der Waals surface area contributed by atoms with Gasteiger partial charge in [0.15, 0.2) is 0 Å². The Morgan fingerprint density at radius 3 is 2.30 bits per heavy atom. The number of benzene rings is 2. The second kappa shape index (κ2) is 8.80. The van der Waals surface area contributed by atoms with Gasteiger partial charge in [0.05, 0.1) is 14.2 Å². The van der Waals surface area contributed by atoms with Gasteiger partial charge >= 0.3 is 0 Å². The van der Waals surface area contributed by atoms with E-state index in [4.69, 9.17) is 9.47 Å². The lowest BCUT2D eigenvalue weighted by atomic mass is 9.96. The number of hydrogen-bond donors (Lipinski definition) is 1. The number of rotatable bonds is 6. The van der Waals surface area contributed by atoms with E-state index < -0.39 is 10.2 Å². The summed E-state index contributed by atoms with van der Waals surface area (Å²) in [5.74, 6) is 3.86. The molecule has 3 nitrogen and oxygen atoms in total. The van der Waals surface area contributed by atoms with Gasteiger partial charge in [0.1, 0.15) is 21.7 Å². The number of aryl methyl sites for hydroxylation is 2. The smallest absolute Gasteiger partial charge is 0.122 e. The molecule has 1 unspecified atom stereocenters. The van der Waals surface area contributed by atoms with Crippen molar-refractivity contribution < 1.29 is 14.6 Å². The number of aliphatic hydroxyl groups is 1. The fourth-order valence-electron chi connectivity index (χ4n) is 3.59. The minimum absolute atomic E-state index is 0.408. The molecule has 0 spiro atoms. The molecule has 2 aromatic carbocycles. The maximum Gasteiger partial charge on any atom is 0.122 e. The van der Waals surface area contributed by atoms with E-state index in [2.05, 4.69) is 32.0 Å². The van der Waals surface area contributed by atoms with Gasteiger partial charge < -0.3 is 14.6 Å². The first-order valence-corrected chi connectivity index (χ1v) is 11.3. The van der Waals surface area contributed by atoms with Gasteiger partial charge in [-0.15, -0.1) is 23.5 Å². The van der Waals surface area contributed by atoms with Crippen molar-refractivity contribution >= 4 is 23.5 Å². The monoisotopic (exact) mass is 404 g/mol. The molecule has 1 saturated heterocycles. The summed E-state index contributed by atoms with van der Waals surface area (Å²) < 4.78 is 10.5. The van der Waals surface area contributed by atoms with E-state index in [1.807, 2.05) is 41.7 Å². The summed E-state index contributed by atoms with van der Waals surface area (Å²) in [5.41, 5.74) is 4.32. The SMILES string of the molecule is CCc1cc(C(O)C2(c3ccc(OC)c(C)c3)SCCCS2)ccc1OC. The Hall–Kier alpha value is -1.30. The molecule has 27 heavy (non-hydrogen) atoms. The lowest BCUT2D eigenvalue weighted by molar-refractivity contribution is 0.163. The van der Waals surface area contributed by atoms with Gasteiger partial charge in [-0.25, -0.2) is 0 Å². The van der Waals surface area contributed by atoms with Crippen LogP contribution in [0.15, 0.2) is 36.4 Å². The van der Waals surface area contributed by atoms with Crippen LogP contribution in [0.3, 0.4) is 0 Å². The third-order valence-electron chi connectivity index (χ3n) is 5.08. The molecular weight excluding hydrogens is 376 g/mol. The minimum Gasteiger partial charge on any atom is -0.496 e. The van der Waals surface area contributed by atoms with Gasteiger partial charge in [-0.2, -0.15) is 0 Å². The Balaban J connectivity index is 2.05. The van der Waals surface area contributed by atoms with E-state index in [0.29, 0.717) is 0 Å². The van der Waals surface area contributed by atoms with Crippen LogP contribution >= 0.6 is 23.5 Å². The van der Waals surface area contributed by atoms with Crippen LogP contribution in [0.2, 0.25) is 0 Å². The maximum atomic E-state index is 11.5. The third-order valence-corrected chi connectivity index (χ3v) is 8.55. The molecule has 1 fully saturated rings. The molecule has 0 aromatic heterocycles. The topological polar surface area (TPSA) is 38.7 Å². The summed E-state index contributed by atoms with van der Waals surface area (Å²) in [7, 11) is 3.39. The number of thioether (sulfide) groups is 2. The Morgan fingerprint density at radius 1 is 1.04 bits per heavy atom. The molecule has 1 heterocycles. The highest BCUT2D eigenvalue weighted by atomic mass is 32.2. The summed E-state index contributed by atoms with van der Waals surface area (Å²) in [6.07, 6.45) is 1.44. The molecule has 0 saturated carbocycles. The van der Waals surface area contributed by atoms with Crippen LogP contribution in [0.1, 0.15) is 41.7 Å². The van der Waals surface area contributed by atoms with Crippen molar-refractivity contribution in [1.82, 2.24) is 0 Å². The highest BCUT2D eigenvalue weighted by Gasteiger charge is 2.43. The Morgan fingerprint density at radius 2 is 1.70 bits per heavy atom. The first kappa shape index (κ1) is 20.4. The number of hydrogen-bond acceptors (Lipinski definition) is 5. The van der Waals surface area contributed by atoms with Crippen LogP contribution in [0.25, 0.3) is 0 Å². The van der Waals surface area contributed by atoms with Crippen LogP contribution in [-0.4, -0.2) is 30.8 Å². The number of ether oxygens (including phenoxy) is 2. The predicted octanol–water partition coefficient (Wildman–Crippen LogP) is 5.33. The van der Waals surface area contributed by atoms with Gasteiger partial charge in [-0.05, 0) is 71.7 Å². The summed E-state index contributed by atoms with van der Waals surface area (Å²) in [6, 6.07) is 12.3. The van der Waals surface area contributed by atoms with Crippen LogP contribution < -0.4 is 9.47 Å². The van der Waals surface area contributed by atoms with Gasteiger partial charge in [0.25, 0.3) is 0 Å². The summed E-state index contributed by atoms with van der Waals surface area (Å²) >= 11 is 3.71. The van der Waals surface area contributed by atoms with Gasteiger partial charge in [0, 0.05) is 0 Å². The fourth-order valence-corrected chi connectivity index (χ4v) is 6.97. The average molecular weight is 405 g/mol. The highest BCUT2D eigenvalue weighted by molar-refractivity contribution is 8.18. The zero-order valence-corrected chi connectivity index (χ0v) is 18.1. The fraction of sp³-hybridized carbons (Fsp3) is 0.455. The standard InChI is InChI=1S/C22H28O3S2/c1-5-16-14-17(7-9-20(16)25-4)21(23)22(26-11-6-12-27-22)18-8-10-19(24-3)15(2)13-18/h7-10,13-14,21,23H,5-6,11-12H2,1-4H3. The van der Waals surface area contributed by atoms with Crippen LogP contribution in [-0.2, 0) is 10.5 Å². The van der Waals surface area contributed by atoms with Crippen molar-refractivity contribution in [2.24, 2.45) is 0 Å². The Kier molecular flexibility index (Phi) is 6.66. The largest absolute Gasteiger partial charge is 0.496 e. The van der Waals surface area contributed by atoms with Crippen LogP contribution in [0, 0.1) is 6.92 Å². The molecule has 2 aromatic rings. The van der Waals surface area contributed by atoms with Gasteiger partial charge in [0.2, 0.25) is 0 Å². The van der Waals surface area contributed by atoms with Crippen molar-refractivity contribution in [2.75, 3.05) is 25.7 Å². The first-order valence-electron chi connectivity index (χ1n) is 9.33. The Labute approximate surface area is 170 Å². The normalized spacial score (nSPS) is 17.4. The predicted molar refractivity (Wildman–Crippen MR) is 116 cm³/mol. The van der Waals surface area contributed by atoms with Crippen molar-refractivity contribution in [3.63, 3.8) is 0 Å². The average Bonchev–Trinajstić information content (AvgIpc) is 2.73. The molecule has 1 aliphatic heterocycles. The van der Waals surface area contributed by atoms with Crippen molar-refractivity contribution in [3.8, 4) is 11.5 Å². The first-order chi connectivity index (χ1) is 13.1. The maximum absolute atomic E-state index is 11.5. The van der Waals surface area contributed by atoms with Crippen molar-refractivity contribution in [1.29, 1.82) is 0 Å². The van der Waals surface area contributed by atoms with Crippen LogP contribution in [0.5, 0.6) is 11.5 Å². The van der Waals surface area contributed by atoms with E-state index >= 15 is 0 Å². The Bertz CT molecular complexity index is 785. The molecule has 1 N–H and O–H groups in total. The quantitative estimate of drug-likeness (QED) is 0.704. The second-order valence-corrected chi connectivity index (χ2v) is 9.67. The lowest BCUT2D eigenvalue weighted by Crippen LogP contribution is -2.30. The number of aliphatic hydroxyl groups excluding tert-OH is 1. The van der Waals surface area contributed by atoms with E-state index in [1.165, 1.54) is 6.42 Å². The molecule has 146 valence electrons. The summed E-state index contributed by atoms with van der Waals surface area (Å²) in [6.45, 7) is 4.17. The summed E-state index contributed by atoms with van der Waals surface area (Å²) in [5, 5.41) is 11.5. The molecule has 1 atom stereocenters. The molecular formula is C22H28O3S2. The molecule has 1 aliphatic rings. The molecule has 0 aliphatic carbocycles. The third kappa shape index (κ3) is 3.96. The number of methoxy groups -OCH3 is 2. The van der Waals surface area contributed by atoms with Gasteiger partial charge in [-0.3, -0.25) is 0 Å². The van der Waals surface area contributed by atoms with E-state index in [-0.39, 0.29) is 0 Å². The van der Waals surface area contributed by atoms with E-state index in [9.17, 15) is 5.11 Å². The molecule has 5 heteroatoms. The molecule has 0 amide bonds. The van der Waals surface area contributed by atoms with E-state index in [0.717, 1.165) is 51.7 Å². The minimum atomic E-state index is -0.600. The van der Waals surface area contributed by atoms with E-state index in [1.54, 1.807) is 14.2 Å². The highest BCUT2D eigenvalue weighted by Crippen LogP contribution is 2.58. The van der Waals surface area contributed by atoms with Crippen LogP contribution in [0.4, 0.5) is 0 Å². The van der Waals surface area contributed by atoms with Crippen molar-refractivity contribution in [3.05, 3.63) is 58.7 Å². The lowest BCUT2D eigenvalue weighted by Gasteiger charge is -2.41.